The standard InChI is InChI=1S/C19H33N5O8/c1-4-9(2)15(24-16(28)11(20)5-8-14(26)27)18(30)23-12(6-7-13(21)25)17(29)22-10(3)19(31)32/h9-12,15H,4-8,20H2,1-3H3,(H2,21,25)(H,22,29)(H,23,30)(H,24,28)(H,26,27)(H,31,32). The van der Waals surface area contributed by atoms with Crippen molar-refractivity contribution in [3.05, 3.63) is 0 Å². The largest absolute Gasteiger partial charge is 0.481 e. The summed E-state index contributed by atoms with van der Waals surface area (Å²) in [4.78, 5) is 70.4. The molecule has 13 heteroatoms. The highest BCUT2D eigenvalue weighted by Gasteiger charge is 2.32. The SMILES string of the molecule is CCC(C)C(NC(=O)C(N)CCC(=O)O)C(=O)NC(CCC(N)=O)C(=O)NC(C)C(=O)O. The zero-order valence-corrected chi connectivity index (χ0v) is 18.4. The molecule has 0 aromatic heterocycles. The Bertz CT molecular complexity index is 714. The highest BCUT2D eigenvalue weighted by Crippen LogP contribution is 2.10. The summed E-state index contributed by atoms with van der Waals surface area (Å²) in [5.41, 5.74) is 10.8. The highest BCUT2D eigenvalue weighted by atomic mass is 16.4. The fourth-order valence-corrected chi connectivity index (χ4v) is 2.56. The lowest BCUT2D eigenvalue weighted by Gasteiger charge is -2.27. The van der Waals surface area contributed by atoms with Gasteiger partial charge in [-0.2, -0.15) is 0 Å². The Morgan fingerprint density at radius 2 is 1.44 bits per heavy atom. The number of carboxylic acids is 2. The summed E-state index contributed by atoms with van der Waals surface area (Å²) in [5, 5.41) is 24.8. The van der Waals surface area contributed by atoms with E-state index in [1.54, 1.807) is 13.8 Å². The molecular weight excluding hydrogens is 426 g/mol. The van der Waals surface area contributed by atoms with Crippen LogP contribution in [-0.2, 0) is 28.8 Å². The van der Waals surface area contributed by atoms with E-state index in [9.17, 15) is 28.8 Å². The maximum Gasteiger partial charge on any atom is 0.325 e. The normalized spacial score (nSPS) is 15.4. The van der Waals surface area contributed by atoms with Crippen molar-refractivity contribution in [3.63, 3.8) is 0 Å². The van der Waals surface area contributed by atoms with Gasteiger partial charge >= 0.3 is 11.9 Å². The molecule has 0 aromatic rings. The Hall–Kier alpha value is -3.22. The minimum Gasteiger partial charge on any atom is -0.481 e. The van der Waals surface area contributed by atoms with Crippen LogP contribution in [0.1, 0.15) is 52.9 Å². The lowest BCUT2D eigenvalue weighted by molar-refractivity contribution is -0.142. The first-order valence-electron chi connectivity index (χ1n) is 10.2. The quantitative estimate of drug-likeness (QED) is 0.144. The van der Waals surface area contributed by atoms with Gasteiger partial charge in [0.25, 0.3) is 0 Å². The lowest BCUT2D eigenvalue weighted by Crippen LogP contribution is -2.58. The number of rotatable bonds is 15. The minimum absolute atomic E-state index is 0.132. The molecule has 5 atom stereocenters. The number of hydrogen-bond acceptors (Lipinski definition) is 7. The van der Waals surface area contributed by atoms with E-state index in [2.05, 4.69) is 16.0 Å². The molecule has 0 bridgehead atoms. The fourth-order valence-electron chi connectivity index (χ4n) is 2.56. The van der Waals surface area contributed by atoms with Gasteiger partial charge in [0.1, 0.15) is 18.1 Å². The van der Waals surface area contributed by atoms with Crippen LogP contribution in [0.4, 0.5) is 0 Å². The molecule has 0 aliphatic rings. The number of nitrogens with two attached hydrogens (primary N) is 2. The van der Waals surface area contributed by atoms with Crippen molar-refractivity contribution >= 4 is 35.6 Å². The molecule has 4 amide bonds. The van der Waals surface area contributed by atoms with Crippen molar-refractivity contribution in [2.45, 2.75) is 77.0 Å². The average Bonchev–Trinajstić information content (AvgIpc) is 2.71. The smallest absolute Gasteiger partial charge is 0.325 e. The molecule has 9 N–H and O–H groups in total. The first kappa shape index (κ1) is 28.8. The van der Waals surface area contributed by atoms with E-state index in [0.717, 1.165) is 0 Å². The third kappa shape index (κ3) is 10.7. The van der Waals surface area contributed by atoms with Gasteiger partial charge in [-0.1, -0.05) is 20.3 Å². The molecule has 0 rings (SSSR count). The second kappa shape index (κ2) is 14.0. The summed E-state index contributed by atoms with van der Waals surface area (Å²) in [6.07, 6.45) is -0.422. The van der Waals surface area contributed by atoms with Crippen molar-refractivity contribution in [2.75, 3.05) is 0 Å². The summed E-state index contributed by atoms with van der Waals surface area (Å²) in [6, 6.07) is -4.78. The molecule has 0 saturated carbocycles. The van der Waals surface area contributed by atoms with Crippen molar-refractivity contribution in [1.82, 2.24) is 16.0 Å². The number of carbonyl (C=O) groups excluding carboxylic acids is 4. The van der Waals surface area contributed by atoms with Gasteiger partial charge in [0.2, 0.25) is 23.6 Å². The van der Waals surface area contributed by atoms with Crippen molar-refractivity contribution in [1.29, 1.82) is 0 Å². The van der Waals surface area contributed by atoms with Gasteiger partial charge in [0, 0.05) is 12.8 Å². The Kier molecular flexibility index (Phi) is 12.6. The van der Waals surface area contributed by atoms with Crippen molar-refractivity contribution in [2.24, 2.45) is 17.4 Å². The van der Waals surface area contributed by atoms with Crippen LogP contribution in [-0.4, -0.2) is 69.9 Å². The van der Waals surface area contributed by atoms with Gasteiger partial charge in [-0.3, -0.25) is 28.8 Å². The van der Waals surface area contributed by atoms with Crippen LogP contribution in [0.2, 0.25) is 0 Å². The maximum absolute atomic E-state index is 12.9. The molecular formula is C19H33N5O8. The molecule has 0 spiro atoms. The first-order chi connectivity index (χ1) is 14.8. The van der Waals surface area contributed by atoms with Crippen molar-refractivity contribution in [3.8, 4) is 0 Å². The number of primary amides is 1. The molecule has 0 saturated heterocycles. The summed E-state index contributed by atoms with van der Waals surface area (Å²) in [7, 11) is 0. The van der Waals surface area contributed by atoms with Gasteiger partial charge in [-0.05, 0) is 25.7 Å². The molecule has 0 radical (unpaired) electrons. The molecule has 0 aliphatic heterocycles. The van der Waals surface area contributed by atoms with Gasteiger partial charge in [-0.15, -0.1) is 0 Å². The molecule has 0 fully saturated rings. The van der Waals surface area contributed by atoms with E-state index in [1.807, 2.05) is 0 Å². The molecule has 0 heterocycles. The zero-order valence-electron chi connectivity index (χ0n) is 18.4. The Labute approximate surface area is 185 Å². The zero-order chi connectivity index (χ0) is 25.0. The van der Waals surface area contributed by atoms with Crippen LogP contribution in [0.3, 0.4) is 0 Å². The van der Waals surface area contributed by atoms with Crippen LogP contribution < -0.4 is 27.4 Å². The third-order valence-electron chi connectivity index (χ3n) is 4.84. The second-order valence-corrected chi connectivity index (χ2v) is 7.55. The minimum atomic E-state index is -1.29. The van der Waals surface area contributed by atoms with Gasteiger partial charge in [-0.25, -0.2) is 0 Å². The highest BCUT2D eigenvalue weighted by molar-refractivity contribution is 5.94. The Balaban J connectivity index is 5.43. The van der Waals surface area contributed by atoms with Crippen LogP contribution in [0, 0.1) is 5.92 Å². The number of amides is 4. The van der Waals surface area contributed by atoms with E-state index in [1.165, 1.54) is 6.92 Å². The van der Waals surface area contributed by atoms with Crippen LogP contribution in [0.25, 0.3) is 0 Å². The van der Waals surface area contributed by atoms with Crippen LogP contribution in [0.15, 0.2) is 0 Å². The van der Waals surface area contributed by atoms with Gasteiger partial charge in [0.05, 0.1) is 6.04 Å². The number of aliphatic carboxylic acids is 2. The molecule has 182 valence electrons. The summed E-state index contributed by atoms with van der Waals surface area (Å²) >= 11 is 0. The fraction of sp³-hybridized carbons (Fsp3) is 0.684. The summed E-state index contributed by atoms with van der Waals surface area (Å²) in [5.74, 6) is -5.83. The molecule has 5 unspecified atom stereocenters. The average molecular weight is 460 g/mol. The van der Waals surface area contributed by atoms with E-state index < -0.39 is 59.7 Å². The van der Waals surface area contributed by atoms with E-state index >= 15 is 0 Å². The summed E-state index contributed by atoms with van der Waals surface area (Å²) in [6.45, 7) is 4.68. The Morgan fingerprint density at radius 1 is 0.844 bits per heavy atom. The van der Waals surface area contributed by atoms with E-state index in [0.29, 0.717) is 6.42 Å². The predicted octanol–water partition coefficient (Wildman–Crippen LogP) is -1.95. The Morgan fingerprint density at radius 3 is 1.91 bits per heavy atom. The molecule has 13 nitrogen and oxygen atoms in total. The summed E-state index contributed by atoms with van der Waals surface area (Å²) < 4.78 is 0. The maximum atomic E-state index is 12.9. The molecule has 32 heavy (non-hydrogen) atoms. The second-order valence-electron chi connectivity index (χ2n) is 7.55. The van der Waals surface area contributed by atoms with E-state index in [4.69, 9.17) is 21.7 Å². The predicted molar refractivity (Wildman–Crippen MR) is 112 cm³/mol. The van der Waals surface area contributed by atoms with Crippen molar-refractivity contribution < 1.29 is 39.0 Å². The van der Waals surface area contributed by atoms with Gasteiger partial charge < -0.3 is 37.6 Å². The van der Waals surface area contributed by atoms with Crippen LogP contribution >= 0.6 is 0 Å². The van der Waals surface area contributed by atoms with E-state index in [-0.39, 0.29) is 31.6 Å². The number of nitrogens with one attached hydrogen (secondary N) is 3. The molecule has 0 aliphatic carbocycles. The number of hydrogen-bond donors (Lipinski definition) is 7. The topological polar surface area (TPSA) is 231 Å². The monoisotopic (exact) mass is 459 g/mol. The number of carboxylic acid groups (broad SMARTS) is 2. The number of carbonyl (C=O) groups is 6. The van der Waals surface area contributed by atoms with Crippen LogP contribution in [0.5, 0.6) is 0 Å². The first-order valence-corrected chi connectivity index (χ1v) is 10.2. The lowest BCUT2D eigenvalue weighted by atomic mass is 9.96. The molecule has 0 aromatic carbocycles. The van der Waals surface area contributed by atoms with Gasteiger partial charge in [0.15, 0.2) is 0 Å². The third-order valence-corrected chi connectivity index (χ3v) is 4.84.